The Morgan fingerprint density at radius 2 is 2.15 bits per heavy atom. The highest BCUT2D eigenvalue weighted by molar-refractivity contribution is 5.77. The minimum atomic E-state index is -0.0632. The second-order valence-electron chi connectivity index (χ2n) is 4.95. The molecule has 0 aliphatic carbocycles. The summed E-state index contributed by atoms with van der Waals surface area (Å²) in [5.41, 5.74) is 0.234. The average Bonchev–Trinajstić information content (AvgIpc) is 2.30. The molecule has 1 atom stereocenters. The molecule has 1 fully saturated rings. The third kappa shape index (κ3) is 2.99. The Morgan fingerprint density at radius 3 is 2.54 bits per heavy atom. The van der Waals surface area contributed by atoms with Crippen molar-refractivity contribution in [1.82, 2.24) is 4.90 Å². The van der Waals surface area contributed by atoms with E-state index in [0.29, 0.717) is 6.61 Å². The van der Waals surface area contributed by atoms with E-state index in [1.165, 1.54) is 0 Å². The second-order valence-corrected chi connectivity index (χ2v) is 4.95. The lowest BCUT2D eigenvalue weighted by molar-refractivity contribution is -0.142. The maximum atomic E-state index is 11.2. The standard InChI is InChI=1S/C10H19NO2/c1-10(2,3)7-11(4)8-5-6-13-9(8)12/h8H,5-7H2,1-4H3. The molecule has 0 amide bonds. The summed E-state index contributed by atoms with van der Waals surface area (Å²) >= 11 is 0. The molecular weight excluding hydrogens is 166 g/mol. The molecule has 1 heterocycles. The van der Waals surface area contributed by atoms with Crippen LogP contribution in [-0.4, -0.2) is 37.1 Å². The molecular formula is C10H19NO2. The fourth-order valence-corrected chi connectivity index (χ4v) is 1.74. The maximum absolute atomic E-state index is 11.2. The van der Waals surface area contributed by atoms with Crippen LogP contribution in [0.1, 0.15) is 27.2 Å². The van der Waals surface area contributed by atoms with E-state index in [0.717, 1.165) is 13.0 Å². The maximum Gasteiger partial charge on any atom is 0.323 e. The van der Waals surface area contributed by atoms with E-state index in [1.54, 1.807) is 0 Å². The molecule has 0 aromatic heterocycles. The van der Waals surface area contributed by atoms with Crippen molar-refractivity contribution in [2.75, 3.05) is 20.2 Å². The predicted molar refractivity (Wildman–Crippen MR) is 51.4 cm³/mol. The van der Waals surface area contributed by atoms with Gasteiger partial charge in [-0.2, -0.15) is 0 Å². The molecule has 0 aromatic rings. The Morgan fingerprint density at radius 1 is 1.54 bits per heavy atom. The minimum absolute atomic E-state index is 0.0146. The Balaban J connectivity index is 2.47. The fourth-order valence-electron chi connectivity index (χ4n) is 1.74. The van der Waals surface area contributed by atoms with Crippen molar-refractivity contribution in [3.63, 3.8) is 0 Å². The van der Waals surface area contributed by atoms with Gasteiger partial charge in [-0.3, -0.25) is 9.69 Å². The number of likely N-dealkylation sites (N-methyl/N-ethyl adjacent to an activating group) is 1. The van der Waals surface area contributed by atoms with Crippen LogP contribution < -0.4 is 0 Å². The average molecular weight is 185 g/mol. The van der Waals surface area contributed by atoms with E-state index in [2.05, 4.69) is 25.7 Å². The zero-order valence-electron chi connectivity index (χ0n) is 8.96. The Labute approximate surface area is 80.1 Å². The molecule has 0 spiro atoms. The van der Waals surface area contributed by atoms with Gasteiger partial charge in [-0.25, -0.2) is 0 Å². The summed E-state index contributed by atoms with van der Waals surface area (Å²) in [5, 5.41) is 0. The predicted octanol–water partition coefficient (Wildman–Crippen LogP) is 1.28. The van der Waals surface area contributed by atoms with Crippen LogP contribution in [0.3, 0.4) is 0 Å². The smallest absolute Gasteiger partial charge is 0.323 e. The van der Waals surface area contributed by atoms with E-state index >= 15 is 0 Å². The van der Waals surface area contributed by atoms with Gasteiger partial charge < -0.3 is 4.74 Å². The molecule has 3 nitrogen and oxygen atoms in total. The molecule has 1 aliphatic rings. The SMILES string of the molecule is CN(CC(C)(C)C)C1CCOC1=O. The number of cyclic esters (lactones) is 1. The first-order valence-corrected chi connectivity index (χ1v) is 4.77. The molecule has 1 aliphatic heterocycles. The molecule has 0 aromatic carbocycles. The molecule has 76 valence electrons. The molecule has 0 radical (unpaired) electrons. The Kier molecular flexibility index (Phi) is 2.96. The topological polar surface area (TPSA) is 29.5 Å². The van der Waals surface area contributed by atoms with Gasteiger partial charge in [0.2, 0.25) is 0 Å². The number of carbonyl (C=O) groups excluding carboxylic acids is 1. The summed E-state index contributed by atoms with van der Waals surface area (Å²) in [4.78, 5) is 13.3. The molecule has 1 rings (SSSR count). The van der Waals surface area contributed by atoms with Crippen LogP contribution in [0.25, 0.3) is 0 Å². The van der Waals surface area contributed by atoms with E-state index < -0.39 is 0 Å². The zero-order valence-corrected chi connectivity index (χ0v) is 8.96. The quantitative estimate of drug-likeness (QED) is 0.607. The summed E-state index contributed by atoms with van der Waals surface area (Å²) in [6.45, 7) is 8.02. The van der Waals surface area contributed by atoms with Crippen LogP contribution in [0, 0.1) is 5.41 Å². The van der Waals surface area contributed by atoms with Crippen molar-refractivity contribution >= 4 is 5.97 Å². The summed E-state index contributed by atoms with van der Waals surface area (Å²) in [6.07, 6.45) is 0.839. The molecule has 3 heteroatoms. The van der Waals surface area contributed by atoms with Gasteiger partial charge >= 0.3 is 5.97 Å². The number of nitrogens with zero attached hydrogens (tertiary/aromatic N) is 1. The lowest BCUT2D eigenvalue weighted by atomic mass is 9.95. The first kappa shape index (κ1) is 10.5. The van der Waals surface area contributed by atoms with Gasteiger partial charge in [-0.15, -0.1) is 0 Å². The first-order valence-electron chi connectivity index (χ1n) is 4.77. The van der Waals surface area contributed by atoms with E-state index in [1.807, 2.05) is 7.05 Å². The van der Waals surface area contributed by atoms with Gasteiger partial charge in [0.1, 0.15) is 6.04 Å². The zero-order chi connectivity index (χ0) is 10.1. The van der Waals surface area contributed by atoms with Crippen LogP contribution in [0.15, 0.2) is 0 Å². The van der Waals surface area contributed by atoms with Crippen LogP contribution in [0.2, 0.25) is 0 Å². The van der Waals surface area contributed by atoms with Crippen LogP contribution in [-0.2, 0) is 9.53 Å². The van der Waals surface area contributed by atoms with Gasteiger partial charge in [-0.05, 0) is 12.5 Å². The molecule has 0 N–H and O–H groups in total. The van der Waals surface area contributed by atoms with E-state index in [4.69, 9.17) is 4.74 Å². The third-order valence-electron chi connectivity index (χ3n) is 2.16. The fraction of sp³-hybridized carbons (Fsp3) is 0.900. The van der Waals surface area contributed by atoms with E-state index in [-0.39, 0.29) is 17.4 Å². The monoisotopic (exact) mass is 185 g/mol. The van der Waals surface area contributed by atoms with Crippen molar-refractivity contribution in [3.8, 4) is 0 Å². The highest BCUT2D eigenvalue weighted by Gasteiger charge is 2.31. The Hall–Kier alpha value is -0.570. The van der Waals surface area contributed by atoms with Crippen molar-refractivity contribution in [2.24, 2.45) is 5.41 Å². The molecule has 0 bridgehead atoms. The van der Waals surface area contributed by atoms with Crippen molar-refractivity contribution in [2.45, 2.75) is 33.2 Å². The molecule has 1 unspecified atom stereocenters. The summed E-state index contributed by atoms with van der Waals surface area (Å²) in [7, 11) is 1.99. The molecule has 13 heavy (non-hydrogen) atoms. The number of esters is 1. The summed E-state index contributed by atoms with van der Waals surface area (Å²) in [6, 6.07) is -0.0146. The van der Waals surface area contributed by atoms with Gasteiger partial charge in [0.15, 0.2) is 0 Å². The second kappa shape index (κ2) is 3.66. The van der Waals surface area contributed by atoms with Crippen molar-refractivity contribution in [3.05, 3.63) is 0 Å². The lowest BCUT2D eigenvalue weighted by Crippen LogP contribution is -2.40. The van der Waals surface area contributed by atoms with Gasteiger partial charge in [0.25, 0.3) is 0 Å². The van der Waals surface area contributed by atoms with E-state index in [9.17, 15) is 4.79 Å². The highest BCUT2D eigenvalue weighted by atomic mass is 16.5. The normalized spacial score (nSPS) is 23.8. The van der Waals surface area contributed by atoms with Crippen LogP contribution >= 0.6 is 0 Å². The summed E-state index contributed by atoms with van der Waals surface area (Å²) < 4.78 is 4.92. The van der Waals surface area contributed by atoms with Gasteiger partial charge in [0, 0.05) is 13.0 Å². The number of hydrogen-bond donors (Lipinski definition) is 0. The minimum Gasteiger partial charge on any atom is -0.464 e. The molecule has 1 saturated heterocycles. The Bertz CT molecular complexity index is 196. The van der Waals surface area contributed by atoms with Gasteiger partial charge in [0.05, 0.1) is 6.61 Å². The number of hydrogen-bond acceptors (Lipinski definition) is 3. The van der Waals surface area contributed by atoms with Crippen molar-refractivity contribution in [1.29, 1.82) is 0 Å². The highest BCUT2D eigenvalue weighted by Crippen LogP contribution is 2.19. The first-order chi connectivity index (χ1) is 5.90. The largest absolute Gasteiger partial charge is 0.464 e. The number of rotatable bonds is 2. The van der Waals surface area contributed by atoms with Gasteiger partial charge in [-0.1, -0.05) is 20.8 Å². The third-order valence-corrected chi connectivity index (χ3v) is 2.16. The van der Waals surface area contributed by atoms with Crippen LogP contribution in [0.4, 0.5) is 0 Å². The number of ether oxygens (including phenoxy) is 1. The van der Waals surface area contributed by atoms with Crippen molar-refractivity contribution < 1.29 is 9.53 Å². The van der Waals surface area contributed by atoms with Crippen LogP contribution in [0.5, 0.6) is 0 Å². The molecule has 0 saturated carbocycles. The number of carbonyl (C=O) groups is 1. The summed E-state index contributed by atoms with van der Waals surface area (Å²) in [5.74, 6) is -0.0632. The lowest BCUT2D eigenvalue weighted by Gasteiger charge is -2.28.